The quantitative estimate of drug-likeness (QED) is 0.683. The van der Waals surface area contributed by atoms with Crippen molar-refractivity contribution in [2.45, 2.75) is 27.3 Å². The molecule has 0 atom stereocenters. The number of esters is 1. The van der Waals surface area contributed by atoms with Crippen LogP contribution in [-0.4, -0.2) is 22.1 Å². The number of rotatable bonds is 4. The first-order valence-electron chi connectivity index (χ1n) is 7.74. The number of aryl methyl sites for hydroxylation is 2. The zero-order chi connectivity index (χ0) is 17.3. The van der Waals surface area contributed by atoms with E-state index in [1.165, 1.54) is 11.3 Å². The Labute approximate surface area is 143 Å². The molecule has 0 bridgehead atoms. The van der Waals surface area contributed by atoms with Crippen molar-refractivity contribution >= 4 is 28.2 Å². The number of thiophene rings is 1. The molecule has 5 nitrogen and oxygen atoms in total. The molecule has 24 heavy (non-hydrogen) atoms. The molecule has 0 aliphatic rings. The molecule has 3 rings (SSSR count). The van der Waals surface area contributed by atoms with Crippen molar-refractivity contribution in [3.8, 4) is 0 Å². The lowest BCUT2D eigenvalue weighted by atomic mass is 10.2. The number of nitrogens with zero attached hydrogens (tertiary/aromatic N) is 2. The summed E-state index contributed by atoms with van der Waals surface area (Å²) in [5, 5.41) is 0.504. The highest BCUT2D eigenvalue weighted by molar-refractivity contribution is 7.15. The Morgan fingerprint density at radius 3 is 2.62 bits per heavy atom. The lowest BCUT2D eigenvalue weighted by Gasteiger charge is -2.10. The highest BCUT2D eigenvalue weighted by Gasteiger charge is 2.22. The van der Waals surface area contributed by atoms with Crippen molar-refractivity contribution in [3.05, 3.63) is 61.8 Å². The Kier molecular flexibility index (Phi) is 4.49. The molecule has 1 aromatic carbocycles. The highest BCUT2D eigenvalue weighted by atomic mass is 32.1. The average molecular weight is 342 g/mol. The van der Waals surface area contributed by atoms with Gasteiger partial charge in [-0.25, -0.2) is 9.78 Å². The van der Waals surface area contributed by atoms with Gasteiger partial charge in [-0.05, 0) is 26.3 Å². The van der Waals surface area contributed by atoms with Crippen LogP contribution in [0.5, 0.6) is 0 Å². The van der Waals surface area contributed by atoms with E-state index in [0.29, 0.717) is 34.8 Å². The van der Waals surface area contributed by atoms with Gasteiger partial charge in [0.15, 0.2) is 0 Å². The van der Waals surface area contributed by atoms with Crippen LogP contribution in [0.3, 0.4) is 0 Å². The summed E-state index contributed by atoms with van der Waals surface area (Å²) < 4.78 is 6.72. The molecule has 0 unspecified atom stereocenters. The van der Waals surface area contributed by atoms with E-state index in [1.54, 1.807) is 18.4 Å². The normalized spacial score (nSPS) is 11.0. The Balaban J connectivity index is 2.16. The standard InChI is InChI=1S/C18H18N2O3S/c1-4-23-18(22)16-15-14(11(2)24-16)17(21)20(12(3)19-15)10-13-8-6-5-7-9-13/h5-9H,4,10H2,1-3H3. The van der Waals surface area contributed by atoms with Crippen molar-refractivity contribution in [2.24, 2.45) is 0 Å². The van der Waals surface area contributed by atoms with Crippen LogP contribution in [0, 0.1) is 13.8 Å². The van der Waals surface area contributed by atoms with Gasteiger partial charge in [0.2, 0.25) is 0 Å². The van der Waals surface area contributed by atoms with Crippen molar-refractivity contribution in [2.75, 3.05) is 6.61 Å². The van der Waals surface area contributed by atoms with E-state index in [-0.39, 0.29) is 5.56 Å². The monoisotopic (exact) mass is 342 g/mol. The van der Waals surface area contributed by atoms with E-state index >= 15 is 0 Å². The summed E-state index contributed by atoms with van der Waals surface area (Å²) in [4.78, 5) is 30.8. The zero-order valence-corrected chi connectivity index (χ0v) is 14.6. The minimum Gasteiger partial charge on any atom is -0.462 e. The fourth-order valence-corrected chi connectivity index (χ4v) is 3.66. The third-order valence-electron chi connectivity index (χ3n) is 3.83. The predicted octanol–water partition coefficient (Wildman–Crippen LogP) is 3.30. The summed E-state index contributed by atoms with van der Waals surface area (Å²) in [6, 6.07) is 9.77. The summed E-state index contributed by atoms with van der Waals surface area (Å²) in [5.41, 5.74) is 1.36. The van der Waals surface area contributed by atoms with E-state index in [0.717, 1.165) is 10.4 Å². The van der Waals surface area contributed by atoms with Crippen LogP contribution in [0.15, 0.2) is 35.1 Å². The molecule has 0 aliphatic heterocycles. The van der Waals surface area contributed by atoms with E-state index < -0.39 is 5.97 Å². The minimum atomic E-state index is -0.423. The second kappa shape index (κ2) is 6.57. The van der Waals surface area contributed by atoms with Gasteiger partial charge in [-0.15, -0.1) is 11.3 Å². The number of carbonyl (C=O) groups is 1. The third kappa shape index (κ3) is 2.85. The molecule has 6 heteroatoms. The molecule has 3 aromatic rings. The molecular weight excluding hydrogens is 324 g/mol. The maximum absolute atomic E-state index is 12.9. The first-order chi connectivity index (χ1) is 11.5. The van der Waals surface area contributed by atoms with Gasteiger partial charge in [-0.3, -0.25) is 9.36 Å². The fraction of sp³-hybridized carbons (Fsp3) is 0.278. The van der Waals surface area contributed by atoms with E-state index in [9.17, 15) is 9.59 Å². The van der Waals surface area contributed by atoms with Gasteiger partial charge in [-0.2, -0.15) is 0 Å². The van der Waals surface area contributed by atoms with Crippen LogP contribution >= 0.6 is 11.3 Å². The van der Waals surface area contributed by atoms with Crippen LogP contribution in [0.1, 0.15) is 32.9 Å². The third-order valence-corrected chi connectivity index (χ3v) is 4.90. The number of fused-ring (bicyclic) bond motifs is 1. The van der Waals surface area contributed by atoms with Gasteiger partial charge in [-0.1, -0.05) is 30.3 Å². The first-order valence-corrected chi connectivity index (χ1v) is 8.56. The van der Waals surface area contributed by atoms with E-state index in [2.05, 4.69) is 4.98 Å². The van der Waals surface area contributed by atoms with Crippen molar-refractivity contribution in [1.82, 2.24) is 9.55 Å². The summed E-state index contributed by atoms with van der Waals surface area (Å²) in [5.74, 6) is 0.160. The summed E-state index contributed by atoms with van der Waals surface area (Å²) in [6.07, 6.45) is 0. The van der Waals surface area contributed by atoms with E-state index in [4.69, 9.17) is 4.74 Å². The number of hydrogen-bond acceptors (Lipinski definition) is 5. The molecular formula is C18H18N2O3S. The highest BCUT2D eigenvalue weighted by Crippen LogP contribution is 2.28. The molecule has 0 aliphatic carbocycles. The SMILES string of the molecule is CCOC(=O)c1sc(C)c2c(=O)n(Cc3ccccc3)c(C)nc12. The molecule has 124 valence electrons. The van der Waals surface area contributed by atoms with Gasteiger partial charge < -0.3 is 4.74 Å². The molecule has 2 aromatic heterocycles. The summed E-state index contributed by atoms with van der Waals surface area (Å²) >= 11 is 1.26. The number of aromatic nitrogens is 2. The maximum Gasteiger partial charge on any atom is 0.350 e. The van der Waals surface area contributed by atoms with Crippen LogP contribution in [0.4, 0.5) is 0 Å². The first kappa shape index (κ1) is 16.4. The van der Waals surface area contributed by atoms with Gasteiger partial charge in [0.25, 0.3) is 5.56 Å². The van der Waals surface area contributed by atoms with Crippen molar-refractivity contribution in [3.63, 3.8) is 0 Å². The molecule has 0 amide bonds. The number of hydrogen-bond donors (Lipinski definition) is 0. The van der Waals surface area contributed by atoms with Crippen LogP contribution in [-0.2, 0) is 11.3 Å². The molecule has 0 fully saturated rings. The number of carbonyl (C=O) groups excluding carboxylic acids is 1. The van der Waals surface area contributed by atoms with Gasteiger partial charge in [0, 0.05) is 4.88 Å². The van der Waals surface area contributed by atoms with Gasteiger partial charge in [0.1, 0.15) is 16.2 Å². The van der Waals surface area contributed by atoms with Crippen molar-refractivity contribution in [1.29, 1.82) is 0 Å². The summed E-state index contributed by atoms with van der Waals surface area (Å²) in [6.45, 7) is 6.12. The number of ether oxygens (including phenoxy) is 1. The topological polar surface area (TPSA) is 61.2 Å². The second-order valence-corrected chi connectivity index (χ2v) is 6.69. The Morgan fingerprint density at radius 2 is 1.96 bits per heavy atom. The van der Waals surface area contributed by atoms with Crippen LogP contribution in [0.2, 0.25) is 0 Å². The Morgan fingerprint density at radius 1 is 1.25 bits per heavy atom. The van der Waals surface area contributed by atoms with Crippen LogP contribution in [0.25, 0.3) is 10.9 Å². The Hall–Kier alpha value is -2.47. The predicted molar refractivity (Wildman–Crippen MR) is 94.9 cm³/mol. The van der Waals surface area contributed by atoms with Crippen LogP contribution < -0.4 is 5.56 Å². The molecule has 0 N–H and O–H groups in total. The second-order valence-electron chi connectivity index (χ2n) is 5.47. The molecule has 0 saturated heterocycles. The molecule has 0 saturated carbocycles. The largest absolute Gasteiger partial charge is 0.462 e. The summed E-state index contributed by atoms with van der Waals surface area (Å²) in [7, 11) is 0. The van der Waals surface area contributed by atoms with Gasteiger partial charge in [0.05, 0.1) is 18.5 Å². The van der Waals surface area contributed by atoms with E-state index in [1.807, 2.05) is 37.3 Å². The molecule has 0 spiro atoms. The van der Waals surface area contributed by atoms with Crippen molar-refractivity contribution < 1.29 is 9.53 Å². The molecule has 2 heterocycles. The number of benzene rings is 1. The lowest BCUT2D eigenvalue weighted by Crippen LogP contribution is -2.24. The Bertz CT molecular complexity index is 958. The smallest absolute Gasteiger partial charge is 0.350 e. The molecule has 0 radical (unpaired) electrons. The fourth-order valence-electron chi connectivity index (χ4n) is 2.68. The minimum absolute atomic E-state index is 0.120. The lowest BCUT2D eigenvalue weighted by molar-refractivity contribution is 0.0534. The maximum atomic E-state index is 12.9. The average Bonchev–Trinajstić information content (AvgIpc) is 2.89. The zero-order valence-electron chi connectivity index (χ0n) is 13.8. The van der Waals surface area contributed by atoms with Gasteiger partial charge >= 0.3 is 5.97 Å².